The number of aliphatic hydroxyl groups is 1. The SMILES string of the molecule is CCc1c(F)ccc2cc(O)cc(-c3ncc4c(N5CCC6CC6(O)C5)nc(C(C)C)nc4c3F)c12. The molecular formula is C28H28F2N4O2. The fourth-order valence-electron chi connectivity index (χ4n) is 5.61. The Hall–Kier alpha value is -3.39. The van der Waals surface area contributed by atoms with E-state index in [0.717, 1.165) is 19.4 Å². The molecule has 1 saturated carbocycles. The number of aromatic nitrogens is 3. The molecule has 2 fully saturated rings. The number of hydrogen-bond acceptors (Lipinski definition) is 6. The molecule has 36 heavy (non-hydrogen) atoms. The second kappa shape index (κ2) is 8.06. The predicted octanol–water partition coefficient (Wildman–Crippen LogP) is 5.48. The molecule has 1 saturated heterocycles. The number of halogens is 2. The third-order valence-corrected chi connectivity index (χ3v) is 7.67. The van der Waals surface area contributed by atoms with Crippen molar-refractivity contribution in [2.75, 3.05) is 18.0 Å². The van der Waals surface area contributed by atoms with Gasteiger partial charge in [0, 0.05) is 30.8 Å². The van der Waals surface area contributed by atoms with Crippen LogP contribution in [0.3, 0.4) is 0 Å². The minimum Gasteiger partial charge on any atom is -0.508 e. The third kappa shape index (κ3) is 3.50. The molecule has 2 unspecified atom stereocenters. The van der Waals surface area contributed by atoms with E-state index in [9.17, 15) is 14.6 Å². The fraction of sp³-hybridized carbons (Fsp3) is 0.393. The van der Waals surface area contributed by atoms with E-state index in [-0.39, 0.29) is 28.7 Å². The standard InChI is InChI=1S/C28H28F2N4O2/c1-4-18-21(29)6-5-15-9-17(35)10-19(22(15)18)24-23(30)25-20(12-31-24)27(33-26(32-25)14(2)3)34-8-7-16-11-28(16,36)13-34/h5-6,9-10,12,14,16,35-36H,4,7-8,11,13H2,1-3H3. The Labute approximate surface area is 207 Å². The Morgan fingerprint density at radius 1 is 1.19 bits per heavy atom. The lowest BCUT2D eigenvalue weighted by Gasteiger charge is -2.32. The van der Waals surface area contributed by atoms with Gasteiger partial charge in [0.1, 0.15) is 34.4 Å². The number of hydrogen-bond donors (Lipinski definition) is 2. The summed E-state index contributed by atoms with van der Waals surface area (Å²) >= 11 is 0. The van der Waals surface area contributed by atoms with Crippen molar-refractivity contribution in [2.24, 2.45) is 5.92 Å². The van der Waals surface area contributed by atoms with Crippen molar-refractivity contribution in [2.45, 2.75) is 51.6 Å². The van der Waals surface area contributed by atoms with Gasteiger partial charge in [-0.2, -0.15) is 0 Å². The molecule has 6 nitrogen and oxygen atoms in total. The number of piperidine rings is 1. The zero-order valence-electron chi connectivity index (χ0n) is 20.5. The van der Waals surface area contributed by atoms with Crippen molar-refractivity contribution in [3.63, 3.8) is 0 Å². The minimum atomic E-state index is -0.708. The first-order valence-electron chi connectivity index (χ1n) is 12.5. The number of rotatable bonds is 4. The lowest BCUT2D eigenvalue weighted by molar-refractivity contribution is 0.124. The molecule has 0 radical (unpaired) electrons. The number of anilines is 1. The molecule has 2 aromatic heterocycles. The average molecular weight is 491 g/mol. The van der Waals surface area contributed by atoms with Crippen LogP contribution in [-0.4, -0.2) is 43.9 Å². The Morgan fingerprint density at radius 2 is 2.00 bits per heavy atom. The summed E-state index contributed by atoms with van der Waals surface area (Å²) < 4.78 is 31.0. The van der Waals surface area contributed by atoms with Crippen LogP contribution in [0.5, 0.6) is 5.75 Å². The van der Waals surface area contributed by atoms with Crippen molar-refractivity contribution in [3.05, 3.63) is 53.5 Å². The molecule has 6 rings (SSSR count). The number of aryl methyl sites for hydroxylation is 1. The topological polar surface area (TPSA) is 82.4 Å². The first kappa shape index (κ1) is 23.0. The minimum absolute atomic E-state index is 0.00239. The number of benzene rings is 2. The molecule has 0 bridgehead atoms. The second-order valence-electron chi connectivity index (χ2n) is 10.4. The smallest absolute Gasteiger partial charge is 0.175 e. The summed E-state index contributed by atoms with van der Waals surface area (Å²) in [4.78, 5) is 15.8. The summed E-state index contributed by atoms with van der Waals surface area (Å²) in [5.74, 6) is 0.260. The Kier molecular flexibility index (Phi) is 5.16. The summed E-state index contributed by atoms with van der Waals surface area (Å²) in [6, 6.07) is 5.91. The van der Waals surface area contributed by atoms with E-state index >= 15 is 4.39 Å². The lowest BCUT2D eigenvalue weighted by atomic mass is 9.94. The molecule has 8 heteroatoms. The van der Waals surface area contributed by atoms with Crippen LogP contribution in [0.4, 0.5) is 14.6 Å². The van der Waals surface area contributed by atoms with Crippen LogP contribution >= 0.6 is 0 Å². The molecule has 4 aromatic rings. The Bertz CT molecular complexity index is 1540. The largest absolute Gasteiger partial charge is 0.508 e. The van der Waals surface area contributed by atoms with Crippen molar-refractivity contribution in [1.29, 1.82) is 0 Å². The van der Waals surface area contributed by atoms with Gasteiger partial charge in [0.05, 0.1) is 11.0 Å². The molecule has 2 aliphatic rings. The van der Waals surface area contributed by atoms with Crippen molar-refractivity contribution in [1.82, 2.24) is 15.0 Å². The highest BCUT2D eigenvalue weighted by Crippen LogP contribution is 2.50. The summed E-state index contributed by atoms with van der Waals surface area (Å²) in [7, 11) is 0. The zero-order chi connectivity index (χ0) is 25.4. The number of pyridine rings is 1. The van der Waals surface area contributed by atoms with Gasteiger partial charge in [-0.3, -0.25) is 4.98 Å². The molecule has 0 amide bonds. The second-order valence-corrected chi connectivity index (χ2v) is 10.4. The van der Waals surface area contributed by atoms with Gasteiger partial charge in [-0.25, -0.2) is 18.7 Å². The highest BCUT2D eigenvalue weighted by Gasteiger charge is 2.56. The van der Waals surface area contributed by atoms with Crippen molar-refractivity contribution in [3.8, 4) is 17.0 Å². The van der Waals surface area contributed by atoms with Crippen LogP contribution in [-0.2, 0) is 6.42 Å². The van der Waals surface area contributed by atoms with Crippen molar-refractivity contribution < 1.29 is 19.0 Å². The maximum atomic E-state index is 16.3. The fourth-order valence-corrected chi connectivity index (χ4v) is 5.61. The number of phenolic OH excluding ortho intramolecular Hbond substituents is 1. The van der Waals surface area contributed by atoms with Gasteiger partial charge in [0.25, 0.3) is 0 Å². The van der Waals surface area contributed by atoms with Crippen LogP contribution < -0.4 is 4.90 Å². The number of phenols is 1. The quantitative estimate of drug-likeness (QED) is 0.395. The van der Waals surface area contributed by atoms with Gasteiger partial charge in [-0.15, -0.1) is 0 Å². The highest BCUT2D eigenvalue weighted by atomic mass is 19.1. The first-order valence-corrected chi connectivity index (χ1v) is 12.5. The van der Waals surface area contributed by atoms with E-state index in [1.54, 1.807) is 18.3 Å². The van der Waals surface area contributed by atoms with E-state index in [1.807, 2.05) is 25.7 Å². The van der Waals surface area contributed by atoms with Crippen LogP contribution in [0, 0.1) is 17.6 Å². The maximum absolute atomic E-state index is 16.3. The summed E-state index contributed by atoms with van der Waals surface area (Å²) in [6.07, 6.45) is 3.59. The van der Waals surface area contributed by atoms with E-state index in [4.69, 9.17) is 4.98 Å². The van der Waals surface area contributed by atoms with Gasteiger partial charge < -0.3 is 15.1 Å². The monoisotopic (exact) mass is 490 g/mol. The lowest BCUT2D eigenvalue weighted by Crippen LogP contribution is -2.41. The highest BCUT2D eigenvalue weighted by molar-refractivity contribution is 6.01. The molecular weight excluding hydrogens is 462 g/mol. The molecule has 2 atom stereocenters. The van der Waals surface area contributed by atoms with Crippen LogP contribution in [0.25, 0.3) is 32.9 Å². The summed E-state index contributed by atoms with van der Waals surface area (Å²) in [6.45, 7) is 6.90. The Balaban J connectivity index is 1.60. The van der Waals surface area contributed by atoms with Gasteiger partial charge in [0.2, 0.25) is 0 Å². The normalized spacial score (nSPS) is 21.4. The van der Waals surface area contributed by atoms with E-state index in [1.165, 1.54) is 12.1 Å². The molecule has 2 aromatic carbocycles. The van der Waals surface area contributed by atoms with Crippen LogP contribution in [0.1, 0.15) is 50.9 Å². The summed E-state index contributed by atoms with van der Waals surface area (Å²) in [5, 5.41) is 22.7. The molecule has 186 valence electrons. The van der Waals surface area contributed by atoms with E-state index in [2.05, 4.69) is 9.97 Å². The number of aromatic hydroxyl groups is 1. The number of β-amino-alcohol motifs (C(OH)–C–C–N with tert-alkyl or cyclic N) is 1. The van der Waals surface area contributed by atoms with Gasteiger partial charge in [0.15, 0.2) is 5.82 Å². The molecule has 0 spiro atoms. The average Bonchev–Trinajstić information content (AvgIpc) is 3.54. The summed E-state index contributed by atoms with van der Waals surface area (Å²) in [5.41, 5.74) is 0.184. The molecule has 2 N–H and O–H groups in total. The maximum Gasteiger partial charge on any atom is 0.175 e. The molecule has 1 aliphatic heterocycles. The molecule has 1 aliphatic carbocycles. The van der Waals surface area contributed by atoms with Gasteiger partial charge >= 0.3 is 0 Å². The van der Waals surface area contributed by atoms with Gasteiger partial charge in [-0.05, 0) is 59.7 Å². The number of fused-ring (bicyclic) bond motifs is 3. The first-order chi connectivity index (χ1) is 17.2. The van der Waals surface area contributed by atoms with Crippen molar-refractivity contribution >= 4 is 27.5 Å². The number of nitrogens with zero attached hydrogens (tertiary/aromatic N) is 4. The van der Waals surface area contributed by atoms with Crippen LogP contribution in [0.15, 0.2) is 30.5 Å². The molecule has 3 heterocycles. The van der Waals surface area contributed by atoms with Crippen LogP contribution in [0.2, 0.25) is 0 Å². The third-order valence-electron chi connectivity index (χ3n) is 7.67. The van der Waals surface area contributed by atoms with E-state index < -0.39 is 11.4 Å². The zero-order valence-corrected chi connectivity index (χ0v) is 20.5. The van der Waals surface area contributed by atoms with Gasteiger partial charge in [-0.1, -0.05) is 26.8 Å². The predicted molar refractivity (Wildman–Crippen MR) is 135 cm³/mol. The van der Waals surface area contributed by atoms with E-state index in [0.29, 0.717) is 57.8 Å². The Morgan fingerprint density at radius 3 is 2.72 bits per heavy atom.